The van der Waals surface area contributed by atoms with E-state index in [9.17, 15) is 4.79 Å². The Morgan fingerprint density at radius 2 is 2.43 bits per heavy atom. The van der Waals surface area contributed by atoms with Crippen LogP contribution in [0.2, 0.25) is 0 Å². The van der Waals surface area contributed by atoms with Crippen molar-refractivity contribution in [3.05, 3.63) is 0 Å². The first-order valence-electron chi connectivity index (χ1n) is 5.34. The normalized spacial score (nSPS) is 26.4. The molecule has 1 aliphatic rings. The van der Waals surface area contributed by atoms with Crippen molar-refractivity contribution in [3.63, 3.8) is 0 Å². The molecule has 0 aromatic heterocycles. The van der Waals surface area contributed by atoms with Crippen LogP contribution in [0.5, 0.6) is 0 Å². The lowest BCUT2D eigenvalue weighted by Crippen LogP contribution is -2.44. The van der Waals surface area contributed by atoms with Gasteiger partial charge in [-0.15, -0.1) is 0 Å². The maximum Gasteiger partial charge on any atom is 0.237 e. The average Bonchev–Trinajstić information content (AvgIpc) is 2.59. The molecule has 0 aromatic carbocycles. The molecule has 0 spiro atoms. The quantitative estimate of drug-likeness (QED) is 0.621. The summed E-state index contributed by atoms with van der Waals surface area (Å²) in [5.74, 6) is 0.553. The van der Waals surface area contributed by atoms with Crippen molar-refractivity contribution in [3.8, 4) is 0 Å². The first-order valence-corrected chi connectivity index (χ1v) is 5.34. The van der Waals surface area contributed by atoms with E-state index in [1.54, 1.807) is 0 Å². The van der Waals surface area contributed by atoms with Crippen LogP contribution < -0.4 is 10.6 Å². The fraction of sp³-hybridized carbons (Fsp3) is 0.900. The van der Waals surface area contributed by atoms with Gasteiger partial charge in [-0.25, -0.2) is 0 Å². The average molecular weight is 200 g/mol. The predicted molar refractivity (Wildman–Crippen MR) is 55.1 cm³/mol. The Morgan fingerprint density at radius 1 is 1.64 bits per heavy atom. The van der Waals surface area contributed by atoms with E-state index >= 15 is 0 Å². The molecule has 0 bridgehead atoms. The Morgan fingerprint density at radius 3 is 3.00 bits per heavy atom. The first-order chi connectivity index (χ1) is 6.75. The van der Waals surface area contributed by atoms with Gasteiger partial charge in [-0.2, -0.15) is 0 Å². The van der Waals surface area contributed by atoms with Gasteiger partial charge in [0.05, 0.1) is 12.6 Å². The number of rotatable bonds is 5. The van der Waals surface area contributed by atoms with Crippen LogP contribution in [-0.2, 0) is 9.53 Å². The molecule has 2 atom stereocenters. The number of hydrogen-bond donors (Lipinski definition) is 2. The van der Waals surface area contributed by atoms with E-state index in [0.717, 1.165) is 13.0 Å². The minimum Gasteiger partial charge on any atom is -0.380 e. The molecular weight excluding hydrogens is 180 g/mol. The Hall–Kier alpha value is -0.610. The molecule has 0 aliphatic carbocycles. The van der Waals surface area contributed by atoms with Crippen molar-refractivity contribution < 1.29 is 9.53 Å². The summed E-state index contributed by atoms with van der Waals surface area (Å²) in [6.45, 7) is 6.91. The number of hydrogen-bond acceptors (Lipinski definition) is 3. The van der Waals surface area contributed by atoms with E-state index in [0.29, 0.717) is 25.7 Å². The zero-order valence-electron chi connectivity index (χ0n) is 9.01. The van der Waals surface area contributed by atoms with E-state index in [1.165, 1.54) is 0 Å². The lowest BCUT2D eigenvalue weighted by molar-refractivity contribution is -0.123. The number of nitrogens with one attached hydrogen (secondary N) is 2. The second-order valence-corrected chi connectivity index (χ2v) is 3.69. The summed E-state index contributed by atoms with van der Waals surface area (Å²) < 4.78 is 5.14. The van der Waals surface area contributed by atoms with Gasteiger partial charge in [0.1, 0.15) is 0 Å². The predicted octanol–water partition coefficient (Wildman–Crippen LogP) is 0.137. The van der Waals surface area contributed by atoms with Crippen LogP contribution >= 0.6 is 0 Å². The zero-order valence-corrected chi connectivity index (χ0v) is 9.01. The highest BCUT2D eigenvalue weighted by atomic mass is 16.5. The van der Waals surface area contributed by atoms with E-state index < -0.39 is 0 Å². The monoisotopic (exact) mass is 200 g/mol. The highest BCUT2D eigenvalue weighted by Crippen LogP contribution is 2.13. The summed E-state index contributed by atoms with van der Waals surface area (Å²) in [5.41, 5.74) is 0. The number of amides is 1. The van der Waals surface area contributed by atoms with Gasteiger partial charge in [0.25, 0.3) is 0 Å². The molecule has 1 rings (SSSR count). The maximum atomic E-state index is 11.6. The van der Waals surface area contributed by atoms with Gasteiger partial charge in [-0.3, -0.25) is 4.79 Å². The van der Waals surface area contributed by atoms with Gasteiger partial charge in [0, 0.05) is 13.2 Å². The Balaban J connectivity index is 2.14. The van der Waals surface area contributed by atoms with Crippen molar-refractivity contribution in [2.24, 2.45) is 5.92 Å². The molecule has 14 heavy (non-hydrogen) atoms. The zero-order chi connectivity index (χ0) is 10.4. The number of ether oxygens (including phenoxy) is 1. The van der Waals surface area contributed by atoms with E-state index in [1.807, 2.05) is 6.92 Å². The molecule has 1 saturated heterocycles. The van der Waals surface area contributed by atoms with Crippen molar-refractivity contribution in [2.45, 2.75) is 26.3 Å². The summed E-state index contributed by atoms with van der Waals surface area (Å²) in [6.07, 6.45) is 1.09. The third kappa shape index (κ3) is 3.27. The second kappa shape index (κ2) is 5.98. The molecule has 4 nitrogen and oxygen atoms in total. The lowest BCUT2D eigenvalue weighted by Gasteiger charge is -2.15. The molecule has 0 radical (unpaired) electrons. The third-order valence-electron chi connectivity index (χ3n) is 2.57. The summed E-state index contributed by atoms with van der Waals surface area (Å²) in [7, 11) is 0. The molecule has 0 saturated carbocycles. The van der Waals surface area contributed by atoms with Gasteiger partial charge < -0.3 is 15.4 Å². The highest BCUT2D eigenvalue weighted by Gasteiger charge is 2.28. The molecule has 1 aliphatic heterocycles. The third-order valence-corrected chi connectivity index (χ3v) is 2.57. The summed E-state index contributed by atoms with van der Waals surface area (Å²) >= 11 is 0. The number of carbonyl (C=O) groups is 1. The molecular formula is C10H20N2O2. The highest BCUT2D eigenvalue weighted by molar-refractivity contribution is 5.82. The Labute approximate surface area is 85.4 Å². The SMILES string of the molecule is CCOCCNC(=O)C1NCCC1C. The Kier molecular flexibility index (Phi) is 4.90. The fourth-order valence-corrected chi connectivity index (χ4v) is 1.69. The van der Waals surface area contributed by atoms with Gasteiger partial charge in [0.2, 0.25) is 5.91 Å². The van der Waals surface area contributed by atoms with Crippen LogP contribution in [0.25, 0.3) is 0 Å². The van der Waals surface area contributed by atoms with Crippen molar-refractivity contribution in [1.82, 2.24) is 10.6 Å². The van der Waals surface area contributed by atoms with Crippen LogP contribution in [0.15, 0.2) is 0 Å². The van der Waals surface area contributed by atoms with E-state index in [4.69, 9.17) is 4.74 Å². The van der Waals surface area contributed by atoms with E-state index in [2.05, 4.69) is 17.6 Å². The number of carbonyl (C=O) groups excluding carboxylic acids is 1. The lowest BCUT2D eigenvalue weighted by atomic mass is 10.0. The van der Waals surface area contributed by atoms with Gasteiger partial charge in [-0.05, 0) is 25.8 Å². The maximum absolute atomic E-state index is 11.6. The smallest absolute Gasteiger partial charge is 0.237 e. The van der Waals surface area contributed by atoms with Gasteiger partial charge >= 0.3 is 0 Å². The van der Waals surface area contributed by atoms with Gasteiger partial charge in [0.15, 0.2) is 0 Å². The van der Waals surface area contributed by atoms with Crippen molar-refractivity contribution in [1.29, 1.82) is 0 Å². The molecule has 2 unspecified atom stereocenters. The Bertz CT molecular complexity index is 185. The molecule has 4 heteroatoms. The van der Waals surface area contributed by atoms with Crippen LogP contribution in [0.4, 0.5) is 0 Å². The topological polar surface area (TPSA) is 50.4 Å². The van der Waals surface area contributed by atoms with Crippen LogP contribution in [-0.4, -0.2) is 38.3 Å². The van der Waals surface area contributed by atoms with Crippen molar-refractivity contribution in [2.75, 3.05) is 26.3 Å². The summed E-state index contributed by atoms with van der Waals surface area (Å²) in [5, 5.41) is 6.06. The molecule has 0 aromatic rings. The molecule has 2 N–H and O–H groups in total. The first kappa shape index (κ1) is 11.5. The minimum atomic E-state index is -0.00312. The summed E-state index contributed by atoms with van der Waals surface area (Å²) in [6, 6.07) is -0.00312. The molecule has 1 heterocycles. The van der Waals surface area contributed by atoms with Crippen LogP contribution in [0.1, 0.15) is 20.3 Å². The van der Waals surface area contributed by atoms with Crippen LogP contribution in [0, 0.1) is 5.92 Å². The summed E-state index contributed by atoms with van der Waals surface area (Å²) in [4.78, 5) is 11.6. The fourth-order valence-electron chi connectivity index (χ4n) is 1.69. The van der Waals surface area contributed by atoms with Gasteiger partial charge in [-0.1, -0.05) is 6.92 Å². The molecule has 82 valence electrons. The van der Waals surface area contributed by atoms with Crippen molar-refractivity contribution >= 4 is 5.91 Å². The standard InChI is InChI=1S/C10H20N2O2/c1-3-14-7-6-12-10(13)9-8(2)4-5-11-9/h8-9,11H,3-7H2,1-2H3,(H,12,13). The van der Waals surface area contributed by atoms with E-state index in [-0.39, 0.29) is 11.9 Å². The minimum absolute atomic E-state index is 0.00312. The largest absolute Gasteiger partial charge is 0.380 e. The molecule has 1 amide bonds. The molecule has 1 fully saturated rings. The second-order valence-electron chi connectivity index (χ2n) is 3.69. The van der Waals surface area contributed by atoms with Crippen LogP contribution in [0.3, 0.4) is 0 Å².